The average molecular weight is 613 g/mol. The number of nitrogens with two attached hydrogens (primary N) is 1. The summed E-state index contributed by atoms with van der Waals surface area (Å²) in [6.45, 7) is 0.0327. The van der Waals surface area contributed by atoms with Crippen molar-refractivity contribution in [3.05, 3.63) is 26.4 Å². The first-order chi connectivity index (χ1) is 17.8. The number of nitrogens with zero attached hydrogens (tertiary/aromatic N) is 6. The number of carboxylic acid groups (broad SMARTS) is 1. The Bertz CT molecular complexity index is 787. The van der Waals surface area contributed by atoms with Crippen LogP contribution in [-0.2, 0) is 19.1 Å². The maximum absolute atomic E-state index is 11.2. The second-order valence-corrected chi connectivity index (χ2v) is 7.35. The number of ether oxygens (including phenoxy) is 2. The summed E-state index contributed by atoms with van der Waals surface area (Å²) >= 11 is 0. The molecule has 1 amide bonds. The van der Waals surface area contributed by atoms with Gasteiger partial charge in [-0.3, -0.25) is 14.5 Å². The van der Waals surface area contributed by atoms with E-state index in [-0.39, 0.29) is 50.8 Å². The number of amides is 1. The van der Waals surface area contributed by atoms with Crippen LogP contribution in [0.3, 0.4) is 0 Å². The van der Waals surface area contributed by atoms with E-state index >= 15 is 0 Å². The van der Waals surface area contributed by atoms with Gasteiger partial charge in [0.2, 0.25) is 5.91 Å². The third kappa shape index (κ3) is 18.3. The Morgan fingerprint density at radius 3 is 1.63 bits per heavy atom. The van der Waals surface area contributed by atoms with Crippen molar-refractivity contribution in [1.82, 2.24) is 5.32 Å². The van der Waals surface area contributed by atoms with Crippen LogP contribution in [0.1, 0.15) is 28.2 Å². The molecule has 2 fully saturated rings. The van der Waals surface area contributed by atoms with Crippen LogP contribution < -0.4 is 40.6 Å². The zero-order valence-corrected chi connectivity index (χ0v) is 23.0. The summed E-state index contributed by atoms with van der Waals surface area (Å²) in [6, 6.07) is -2.31. The molecule has 41 heavy (non-hydrogen) atoms. The minimum atomic E-state index is -1.59. The molecule has 2 aliphatic rings. The smallest absolute Gasteiger partial charge is 0.481 e. The molecule has 2 aliphatic heterocycles. The van der Waals surface area contributed by atoms with Gasteiger partial charge in [0.1, 0.15) is 49.2 Å². The van der Waals surface area contributed by atoms with Crippen molar-refractivity contribution in [2.75, 3.05) is 19.8 Å². The summed E-state index contributed by atoms with van der Waals surface area (Å²) in [4.78, 5) is 24.5. The maximum Gasteiger partial charge on any atom is 1.00 e. The molecule has 21 nitrogen and oxygen atoms in total. The van der Waals surface area contributed by atoms with Crippen LogP contribution in [-0.4, -0.2) is 139 Å². The van der Waals surface area contributed by atoms with E-state index in [0.717, 1.165) is 0 Å². The van der Waals surface area contributed by atoms with E-state index in [9.17, 15) is 35.1 Å². The SMILES string of the molecule is C.C.CCC(=O)O.N[C@H]1C(O)OC(CO)[C@@H](O)C1O.[N-]=[N+]=NCC(=O)N[C@H]1C(O)OC(CO)[C@@H](O)C1O.[N-]=[N+]=[N-].[Na+]. The summed E-state index contributed by atoms with van der Waals surface area (Å²) in [5, 5.41) is 86.5. The quantitative estimate of drug-likeness (QED) is 0.0575. The van der Waals surface area contributed by atoms with Crippen molar-refractivity contribution < 1.29 is 94.6 Å². The van der Waals surface area contributed by atoms with Gasteiger partial charge in [-0.25, -0.2) is 0 Å². The Balaban J connectivity index is -0.000000163. The fourth-order valence-corrected chi connectivity index (χ4v) is 2.70. The fourth-order valence-electron chi connectivity index (χ4n) is 2.70. The number of carbonyl (C=O) groups is 2. The van der Waals surface area contributed by atoms with Crippen LogP contribution in [0, 0.1) is 0 Å². The van der Waals surface area contributed by atoms with Crippen molar-refractivity contribution in [2.45, 2.75) is 89.5 Å². The van der Waals surface area contributed by atoms with Crippen LogP contribution in [0.15, 0.2) is 5.11 Å². The van der Waals surface area contributed by atoms with Gasteiger partial charge in [0, 0.05) is 11.3 Å². The molecule has 0 saturated carbocycles. The minimum Gasteiger partial charge on any atom is -0.481 e. The summed E-state index contributed by atoms with van der Waals surface area (Å²) in [5.74, 6) is -1.49. The van der Waals surface area contributed by atoms with Crippen LogP contribution in [0.4, 0.5) is 0 Å². The zero-order chi connectivity index (χ0) is 30.0. The second-order valence-electron chi connectivity index (χ2n) is 7.35. The Labute approximate surface area is 257 Å². The molecule has 0 aromatic carbocycles. The first-order valence-corrected chi connectivity index (χ1v) is 10.6. The van der Waals surface area contributed by atoms with Crippen molar-refractivity contribution >= 4 is 11.9 Å². The van der Waals surface area contributed by atoms with E-state index in [4.69, 9.17) is 52.2 Å². The summed E-state index contributed by atoms with van der Waals surface area (Å²) < 4.78 is 9.51. The average Bonchev–Trinajstić information content (AvgIpc) is 2.89. The van der Waals surface area contributed by atoms with Crippen LogP contribution in [0.2, 0.25) is 0 Å². The first kappa shape index (κ1) is 48.8. The number of carbonyl (C=O) groups excluding carboxylic acids is 1. The van der Waals surface area contributed by atoms with E-state index in [0.29, 0.717) is 0 Å². The number of hydrogen-bond donors (Lipinski definition) is 11. The van der Waals surface area contributed by atoms with Gasteiger partial charge in [-0.1, -0.05) is 26.9 Å². The topological polar surface area (TPSA) is 380 Å². The van der Waals surface area contributed by atoms with E-state index in [1.54, 1.807) is 6.92 Å². The molecular formula is C19H41N8NaO13. The molecule has 12 N–H and O–H groups in total. The van der Waals surface area contributed by atoms with E-state index < -0.39 is 92.9 Å². The van der Waals surface area contributed by atoms with Gasteiger partial charge < -0.3 is 77.5 Å². The van der Waals surface area contributed by atoms with Crippen LogP contribution >= 0.6 is 0 Å². The van der Waals surface area contributed by atoms with Crippen molar-refractivity contribution in [1.29, 1.82) is 0 Å². The van der Waals surface area contributed by atoms with Gasteiger partial charge in [-0.2, -0.15) is 0 Å². The standard InChI is InChI=1S/C8H14N4O6.C6H13NO5.C3H6O2.2CH4.N3.Na/c9-12-10-1-4(14)11-5-7(16)6(15)3(2-13)18-8(5)17;7-3-5(10)4(9)2(1-8)12-6(3)11;1-2-3(4)5;;;1-3-2;/h3,5-8,13,15-17H,1-2H2,(H,11,14);2-6,8-11H,1,7H2;2H2,1H3,(H,4,5);2*1H4;;/q;;;;;-1;+1/t3?,5-,6-,7?,8?;2?,3-,4-,5?,6?;;;;;/m11...../s1. The predicted octanol–water partition coefficient (Wildman–Crippen LogP) is -6.42. The molecule has 0 bridgehead atoms. The summed E-state index contributed by atoms with van der Waals surface area (Å²) in [6.07, 6.45) is -10.3. The van der Waals surface area contributed by atoms with E-state index in [1.165, 1.54) is 4.91 Å². The third-order valence-corrected chi connectivity index (χ3v) is 4.76. The molecule has 236 valence electrons. The number of rotatable bonds is 6. The zero-order valence-electron chi connectivity index (χ0n) is 21.0. The summed E-state index contributed by atoms with van der Waals surface area (Å²) in [5.41, 5.74) is 26.8. The Morgan fingerprint density at radius 2 is 1.27 bits per heavy atom. The van der Waals surface area contributed by atoms with Crippen LogP contribution in [0.25, 0.3) is 26.4 Å². The minimum absolute atomic E-state index is 0. The van der Waals surface area contributed by atoms with Gasteiger partial charge in [-0.05, 0) is 5.53 Å². The van der Waals surface area contributed by atoms with Crippen LogP contribution in [0.5, 0.6) is 0 Å². The molecule has 6 unspecified atom stereocenters. The maximum atomic E-state index is 11.2. The Kier molecular flexibility index (Phi) is 32.1. The van der Waals surface area contributed by atoms with Crippen molar-refractivity contribution in [3.63, 3.8) is 0 Å². The van der Waals surface area contributed by atoms with E-state index in [2.05, 4.69) is 15.3 Å². The summed E-state index contributed by atoms with van der Waals surface area (Å²) in [7, 11) is 0. The number of azide groups is 1. The Morgan fingerprint density at radius 1 is 0.878 bits per heavy atom. The molecule has 0 aromatic heterocycles. The van der Waals surface area contributed by atoms with Gasteiger partial charge in [0.05, 0.1) is 19.3 Å². The van der Waals surface area contributed by atoms with Gasteiger partial charge in [-0.15, -0.1) is 0 Å². The Hall–Kier alpha value is -1.88. The van der Waals surface area contributed by atoms with Gasteiger partial charge >= 0.3 is 35.5 Å². The molecule has 2 rings (SSSR count). The molecule has 0 aliphatic carbocycles. The molecule has 0 aromatic rings. The monoisotopic (exact) mass is 612 g/mol. The second kappa shape index (κ2) is 27.0. The molecule has 0 radical (unpaired) electrons. The number of carboxylic acids is 1. The molecule has 22 heteroatoms. The van der Waals surface area contributed by atoms with E-state index in [1.807, 2.05) is 0 Å². The molecular weight excluding hydrogens is 571 g/mol. The first-order valence-electron chi connectivity index (χ1n) is 10.6. The molecule has 0 spiro atoms. The number of aliphatic carboxylic acids is 1. The predicted molar refractivity (Wildman–Crippen MR) is 135 cm³/mol. The van der Waals surface area contributed by atoms with Gasteiger partial charge in [0.15, 0.2) is 12.6 Å². The number of aliphatic hydroxyl groups is 8. The van der Waals surface area contributed by atoms with Crippen molar-refractivity contribution in [2.24, 2.45) is 10.8 Å². The third-order valence-electron chi connectivity index (χ3n) is 4.76. The molecule has 2 saturated heterocycles. The number of hydrogen-bond acceptors (Lipinski definition) is 14. The number of aliphatic hydroxyl groups excluding tert-OH is 8. The normalized spacial score (nSPS) is 31.2. The largest absolute Gasteiger partial charge is 1.00 e. The van der Waals surface area contributed by atoms with Gasteiger partial charge in [0.25, 0.3) is 0 Å². The molecule has 10 atom stereocenters. The fraction of sp³-hybridized carbons (Fsp3) is 0.895. The number of nitrogens with one attached hydrogen (secondary N) is 1. The van der Waals surface area contributed by atoms with Crippen molar-refractivity contribution in [3.8, 4) is 0 Å². The molecule has 2 heterocycles.